The molecule has 1 aromatic heterocycles. The maximum atomic E-state index is 6.16. The van der Waals surface area contributed by atoms with Crippen LogP contribution in [0.1, 0.15) is 47.6 Å². The van der Waals surface area contributed by atoms with Gasteiger partial charge in [0.25, 0.3) is 0 Å². The summed E-state index contributed by atoms with van der Waals surface area (Å²) in [7, 11) is 0. The first-order chi connectivity index (χ1) is 10.2. The number of aromatic nitrogens is 1. The van der Waals surface area contributed by atoms with Crippen molar-refractivity contribution in [1.29, 1.82) is 0 Å². The average Bonchev–Trinajstić information content (AvgIpc) is 2.91. The Morgan fingerprint density at radius 3 is 3.00 bits per heavy atom. The lowest BCUT2D eigenvalue weighted by atomic mass is 9.88. The number of hydrogen-bond acceptors (Lipinski definition) is 3. The molecule has 0 aliphatic heterocycles. The number of anilines is 1. The van der Waals surface area contributed by atoms with E-state index in [1.807, 2.05) is 6.20 Å². The molecule has 3 rings (SSSR count). The van der Waals surface area contributed by atoms with E-state index in [-0.39, 0.29) is 6.04 Å². The van der Waals surface area contributed by atoms with Crippen molar-refractivity contribution in [1.82, 2.24) is 10.3 Å². The van der Waals surface area contributed by atoms with Crippen molar-refractivity contribution in [2.45, 2.75) is 38.6 Å². The monoisotopic (exact) mass is 281 g/mol. The van der Waals surface area contributed by atoms with E-state index >= 15 is 0 Å². The van der Waals surface area contributed by atoms with Gasteiger partial charge >= 0.3 is 0 Å². The Morgan fingerprint density at radius 2 is 2.19 bits per heavy atom. The Kier molecular flexibility index (Phi) is 3.93. The highest BCUT2D eigenvalue weighted by Crippen LogP contribution is 2.42. The number of likely N-dealkylation sites (N-methyl/N-ethyl adjacent to an activating group) is 1. The summed E-state index contributed by atoms with van der Waals surface area (Å²) in [6.07, 6.45) is 4.16. The molecule has 1 aliphatic carbocycles. The summed E-state index contributed by atoms with van der Waals surface area (Å²) in [6.45, 7) is 5.14. The van der Waals surface area contributed by atoms with Gasteiger partial charge in [-0.25, -0.2) is 4.98 Å². The molecule has 1 heterocycles. The van der Waals surface area contributed by atoms with Gasteiger partial charge < -0.3 is 11.1 Å². The minimum Gasteiger partial charge on any atom is -0.383 e. The van der Waals surface area contributed by atoms with E-state index in [1.165, 1.54) is 17.5 Å². The van der Waals surface area contributed by atoms with Crippen LogP contribution in [0.3, 0.4) is 0 Å². The molecular weight excluding hydrogens is 258 g/mol. The summed E-state index contributed by atoms with van der Waals surface area (Å²) in [5.74, 6) is 1.13. The second-order valence-corrected chi connectivity index (χ2v) is 5.87. The molecule has 2 aromatic rings. The lowest BCUT2D eigenvalue weighted by Crippen LogP contribution is -2.27. The molecule has 1 aromatic carbocycles. The Bertz CT molecular complexity index is 636. The molecule has 0 bridgehead atoms. The average molecular weight is 281 g/mol. The van der Waals surface area contributed by atoms with E-state index in [2.05, 4.69) is 54.5 Å². The van der Waals surface area contributed by atoms with Gasteiger partial charge in [0.1, 0.15) is 5.82 Å². The number of nitrogen functional groups attached to an aromatic ring is 1. The molecule has 0 spiro atoms. The van der Waals surface area contributed by atoms with Crippen molar-refractivity contribution in [3.05, 3.63) is 58.8 Å². The van der Waals surface area contributed by atoms with Crippen molar-refractivity contribution >= 4 is 5.82 Å². The Hall–Kier alpha value is -1.87. The van der Waals surface area contributed by atoms with Crippen LogP contribution in [-0.2, 0) is 6.42 Å². The molecule has 0 amide bonds. The molecule has 3 N–H and O–H groups in total. The molecule has 0 fully saturated rings. The lowest BCUT2D eigenvalue weighted by Gasteiger charge is -2.27. The molecule has 3 nitrogen and oxygen atoms in total. The number of nitrogens with zero attached hydrogens (tertiary/aromatic N) is 1. The first-order valence-electron chi connectivity index (χ1n) is 7.74. The minimum absolute atomic E-state index is 0.242. The van der Waals surface area contributed by atoms with E-state index in [1.54, 1.807) is 0 Å². The van der Waals surface area contributed by atoms with Gasteiger partial charge in [-0.3, -0.25) is 0 Å². The van der Waals surface area contributed by atoms with Crippen molar-refractivity contribution in [3.63, 3.8) is 0 Å². The smallest absolute Gasteiger partial charge is 0.128 e. The van der Waals surface area contributed by atoms with Crippen LogP contribution in [0.5, 0.6) is 0 Å². The molecule has 0 saturated carbocycles. The van der Waals surface area contributed by atoms with E-state index in [4.69, 9.17) is 5.73 Å². The summed E-state index contributed by atoms with van der Waals surface area (Å²) in [4.78, 5) is 4.35. The predicted octanol–water partition coefficient (Wildman–Crippen LogP) is 3.35. The molecular formula is C18H23N3. The first-order valence-corrected chi connectivity index (χ1v) is 7.74. The van der Waals surface area contributed by atoms with E-state index < -0.39 is 0 Å². The molecule has 0 radical (unpaired) electrons. The van der Waals surface area contributed by atoms with Crippen molar-refractivity contribution in [3.8, 4) is 0 Å². The van der Waals surface area contributed by atoms with E-state index in [9.17, 15) is 0 Å². The van der Waals surface area contributed by atoms with Crippen molar-refractivity contribution in [2.24, 2.45) is 0 Å². The summed E-state index contributed by atoms with van der Waals surface area (Å²) in [6, 6.07) is 11.2. The highest BCUT2D eigenvalue weighted by atomic mass is 14.9. The second kappa shape index (κ2) is 5.86. The van der Waals surface area contributed by atoms with Crippen LogP contribution in [0.25, 0.3) is 0 Å². The first kappa shape index (κ1) is 14.1. The normalized spacial score (nSPS) is 18.5. The van der Waals surface area contributed by atoms with Crippen LogP contribution < -0.4 is 11.1 Å². The topological polar surface area (TPSA) is 50.9 Å². The molecule has 0 saturated heterocycles. The number of fused-ring (bicyclic) bond motifs is 1. The predicted molar refractivity (Wildman–Crippen MR) is 87.3 cm³/mol. The van der Waals surface area contributed by atoms with Crippen LogP contribution >= 0.6 is 0 Å². The number of nitrogens with two attached hydrogens (primary N) is 1. The Labute approximate surface area is 126 Å². The number of hydrogen-bond donors (Lipinski definition) is 2. The van der Waals surface area contributed by atoms with Crippen molar-refractivity contribution < 1.29 is 0 Å². The van der Waals surface area contributed by atoms with Gasteiger partial charge in [0, 0.05) is 23.7 Å². The zero-order valence-electron chi connectivity index (χ0n) is 12.8. The number of rotatable bonds is 4. The van der Waals surface area contributed by atoms with Gasteiger partial charge in [0.2, 0.25) is 0 Å². The zero-order chi connectivity index (χ0) is 14.8. The van der Waals surface area contributed by atoms with Crippen LogP contribution in [0.15, 0.2) is 36.5 Å². The van der Waals surface area contributed by atoms with E-state index in [0.717, 1.165) is 24.1 Å². The highest BCUT2D eigenvalue weighted by Gasteiger charge is 2.31. The van der Waals surface area contributed by atoms with Gasteiger partial charge in [-0.15, -0.1) is 0 Å². The van der Waals surface area contributed by atoms with Gasteiger partial charge in [-0.05, 0) is 49.1 Å². The second-order valence-electron chi connectivity index (χ2n) is 5.87. The van der Waals surface area contributed by atoms with Crippen LogP contribution in [0.2, 0.25) is 0 Å². The molecule has 2 unspecified atom stereocenters. The third kappa shape index (κ3) is 2.66. The highest BCUT2D eigenvalue weighted by molar-refractivity contribution is 5.46. The fourth-order valence-electron chi connectivity index (χ4n) is 3.48. The summed E-state index contributed by atoms with van der Waals surface area (Å²) in [5, 5.41) is 3.63. The molecule has 3 heteroatoms. The maximum absolute atomic E-state index is 6.16. The number of pyridine rings is 1. The fourth-order valence-corrected chi connectivity index (χ4v) is 3.48. The van der Waals surface area contributed by atoms with Gasteiger partial charge in [-0.2, -0.15) is 0 Å². The minimum atomic E-state index is 0.242. The quantitative estimate of drug-likeness (QED) is 0.903. The van der Waals surface area contributed by atoms with Gasteiger partial charge in [0.05, 0.1) is 0 Å². The van der Waals surface area contributed by atoms with E-state index in [0.29, 0.717) is 11.7 Å². The third-order valence-electron chi connectivity index (χ3n) is 4.43. The van der Waals surface area contributed by atoms with Crippen molar-refractivity contribution in [2.75, 3.05) is 12.3 Å². The molecule has 21 heavy (non-hydrogen) atoms. The third-order valence-corrected chi connectivity index (χ3v) is 4.43. The number of nitrogens with one attached hydrogen (secondary N) is 1. The number of aryl methyl sites for hydroxylation is 2. The number of benzene rings is 1. The molecule has 1 aliphatic rings. The summed E-state index contributed by atoms with van der Waals surface area (Å²) >= 11 is 0. The van der Waals surface area contributed by atoms with Crippen LogP contribution in [-0.4, -0.2) is 11.5 Å². The summed E-state index contributed by atoms with van der Waals surface area (Å²) < 4.78 is 0. The zero-order valence-corrected chi connectivity index (χ0v) is 12.8. The lowest BCUT2D eigenvalue weighted by molar-refractivity contribution is 0.453. The SMILES string of the molecule is CCNC(c1cc(C)cnc1N)C1CCc2ccccc21. The maximum Gasteiger partial charge on any atom is 0.128 e. The molecule has 2 atom stereocenters. The fraction of sp³-hybridized carbons (Fsp3) is 0.389. The van der Waals surface area contributed by atoms with Crippen LogP contribution in [0, 0.1) is 6.92 Å². The van der Waals surface area contributed by atoms with Gasteiger partial charge in [-0.1, -0.05) is 31.2 Å². The largest absolute Gasteiger partial charge is 0.383 e. The van der Waals surface area contributed by atoms with Gasteiger partial charge in [0.15, 0.2) is 0 Å². The Morgan fingerprint density at radius 1 is 1.38 bits per heavy atom. The molecule has 110 valence electrons. The Balaban J connectivity index is 2.01. The van der Waals surface area contributed by atoms with Crippen LogP contribution in [0.4, 0.5) is 5.82 Å². The summed E-state index contributed by atoms with van der Waals surface area (Å²) in [5.41, 5.74) is 11.4. The standard InChI is InChI=1S/C18H23N3/c1-3-20-17(16-10-12(2)11-21-18(16)19)15-9-8-13-6-4-5-7-14(13)15/h4-7,10-11,15,17,20H,3,8-9H2,1-2H3,(H2,19,21).